The average Bonchev–Trinajstić information content (AvgIpc) is 3.53. The summed E-state index contributed by atoms with van der Waals surface area (Å²) in [6.45, 7) is 0.883. The smallest absolute Gasteiger partial charge is 0.395 e. The van der Waals surface area contributed by atoms with Crippen LogP contribution in [0.1, 0.15) is 65.2 Å². The van der Waals surface area contributed by atoms with Crippen molar-refractivity contribution < 1.29 is 92.4 Å². The van der Waals surface area contributed by atoms with Crippen LogP contribution in [0.25, 0.3) is 0 Å². The Kier molecular flexibility index (Phi) is 25.8. The third-order valence-corrected chi connectivity index (χ3v) is 12.0. The molecular weight excluding hydrogens is 905 g/mol. The predicted molar refractivity (Wildman–Crippen MR) is 226 cm³/mol. The molecular formula is C37H66N9O19P. The lowest BCUT2D eigenvalue weighted by molar-refractivity contribution is -0.160. The van der Waals surface area contributed by atoms with Gasteiger partial charge in [-0.15, -0.1) is 5.48 Å². The number of carboxylic acid groups (broad SMARTS) is 1. The number of carbonyl (C=O) groups excluding carboxylic acids is 7. The summed E-state index contributed by atoms with van der Waals surface area (Å²) in [5.41, 5.74) is 13.3. The van der Waals surface area contributed by atoms with Gasteiger partial charge in [0.05, 0.1) is 31.7 Å². The lowest BCUT2D eigenvalue weighted by Gasteiger charge is -2.29. The summed E-state index contributed by atoms with van der Waals surface area (Å²) in [5.74, 6) is -10.9. The molecule has 0 aromatic carbocycles. The highest BCUT2D eigenvalue weighted by atomic mass is 31.2. The van der Waals surface area contributed by atoms with Crippen LogP contribution in [0.3, 0.4) is 0 Å². The van der Waals surface area contributed by atoms with Gasteiger partial charge in [0.15, 0.2) is 11.9 Å². The number of cyclic esters (lactones) is 1. The number of ether oxygens (including phenoxy) is 2. The first-order valence-electron chi connectivity index (χ1n) is 20.8. The fourth-order valence-corrected chi connectivity index (χ4v) is 7.15. The van der Waals surface area contributed by atoms with Gasteiger partial charge in [0.1, 0.15) is 42.9 Å². The molecule has 0 aliphatic carbocycles. The SMILES string of the molecule is CC(O)C(NC(=O)C(CCCCN)NOC(=O)CCC(=O)OCC(O)C1OC(=O)C(OP(=O)(N(C)C)N(C)C)=C1O)C(=O)NC(C(=O)NC(CCCCN)C(=O)NC(CO)C(=O)O)C(C)O. The molecule has 1 aliphatic rings. The molecule has 9 atom stereocenters. The van der Waals surface area contributed by atoms with Crippen molar-refractivity contribution in [2.24, 2.45) is 11.5 Å². The fourth-order valence-electron chi connectivity index (χ4n) is 5.70. The van der Waals surface area contributed by atoms with Crippen molar-refractivity contribution in [1.82, 2.24) is 36.1 Å². The molecule has 29 heteroatoms. The predicted octanol–water partition coefficient (Wildman–Crippen LogP) is -4.93. The molecule has 15 N–H and O–H groups in total. The van der Waals surface area contributed by atoms with Crippen LogP contribution in [-0.4, -0.2) is 197 Å². The number of nitrogens with one attached hydrogen (secondary N) is 5. The van der Waals surface area contributed by atoms with Crippen LogP contribution < -0.4 is 38.2 Å². The first kappa shape index (κ1) is 59.0. The number of hydrogen-bond acceptors (Lipinski definition) is 21. The summed E-state index contributed by atoms with van der Waals surface area (Å²) < 4.78 is 30.6. The number of unbranched alkanes of at least 4 members (excludes halogenated alkanes) is 2. The largest absolute Gasteiger partial charge is 0.505 e. The number of hydrogen-bond donors (Lipinski definition) is 13. The van der Waals surface area contributed by atoms with Crippen LogP contribution in [0.15, 0.2) is 11.5 Å². The molecule has 0 aromatic heterocycles. The molecule has 4 amide bonds. The summed E-state index contributed by atoms with van der Waals surface area (Å²) in [6.07, 6.45) is -6.82. The summed E-state index contributed by atoms with van der Waals surface area (Å²) in [7, 11) is 1.77. The summed E-state index contributed by atoms with van der Waals surface area (Å²) in [6, 6.07) is -8.08. The standard InChI is InChI=1S/C37H66N9O19P/c1-19(48)27(34(56)40-21(11-7-9-15-38)32(54)41-23(17-47)36(58)59)43-35(57)28(20(2)49)42-33(55)22(12-8-10-16-39)44-64-26(52)14-13-25(51)62-18-24(50)30-29(53)31(37(60)63-30)65-66(61,45(3)4)46(5)6/h19-24,27-28,30,44,47-50,53H,7-18,38-39H2,1-6H3,(H,40,56)(H,41,54)(H,42,55)(H,43,57)(H,58,59). The minimum atomic E-state index is -3.83. The van der Waals surface area contributed by atoms with Gasteiger partial charge < -0.3 is 82.2 Å². The van der Waals surface area contributed by atoms with Crippen molar-refractivity contribution >= 4 is 55.2 Å². The van der Waals surface area contributed by atoms with Crippen LogP contribution in [0.4, 0.5) is 0 Å². The van der Waals surface area contributed by atoms with Gasteiger partial charge in [-0.1, -0.05) is 0 Å². The molecule has 0 fully saturated rings. The Labute approximate surface area is 380 Å². The highest BCUT2D eigenvalue weighted by Crippen LogP contribution is 2.53. The minimum absolute atomic E-state index is 0.0443. The molecule has 0 bridgehead atoms. The third kappa shape index (κ3) is 18.7. The Morgan fingerprint density at radius 3 is 1.70 bits per heavy atom. The van der Waals surface area contributed by atoms with E-state index in [4.69, 9.17) is 30.3 Å². The van der Waals surface area contributed by atoms with E-state index in [2.05, 4.69) is 26.7 Å². The van der Waals surface area contributed by atoms with Crippen molar-refractivity contribution in [3.05, 3.63) is 11.5 Å². The zero-order chi connectivity index (χ0) is 50.5. The zero-order valence-electron chi connectivity index (χ0n) is 37.7. The number of amides is 4. The van der Waals surface area contributed by atoms with Crippen LogP contribution >= 0.6 is 7.67 Å². The quantitative estimate of drug-likeness (QED) is 0.00987. The highest BCUT2D eigenvalue weighted by molar-refractivity contribution is 7.54. The van der Waals surface area contributed by atoms with Crippen molar-refractivity contribution in [1.29, 1.82) is 0 Å². The first-order valence-corrected chi connectivity index (χ1v) is 22.3. The second-order valence-electron chi connectivity index (χ2n) is 15.4. The number of esters is 2. The Hall–Kier alpha value is -5.03. The van der Waals surface area contributed by atoms with E-state index in [1.807, 2.05) is 0 Å². The van der Waals surface area contributed by atoms with Gasteiger partial charge in [-0.2, -0.15) is 0 Å². The van der Waals surface area contributed by atoms with Crippen molar-refractivity contribution in [2.45, 2.75) is 120 Å². The van der Waals surface area contributed by atoms with E-state index in [0.717, 1.165) is 13.8 Å². The second kappa shape index (κ2) is 28.9. The van der Waals surface area contributed by atoms with Gasteiger partial charge in [0.25, 0.3) is 5.76 Å². The summed E-state index contributed by atoms with van der Waals surface area (Å²) in [5, 5.41) is 69.4. The Balaban J connectivity index is 2.96. The lowest BCUT2D eigenvalue weighted by Crippen LogP contribution is -2.62. The zero-order valence-corrected chi connectivity index (χ0v) is 38.6. The van der Waals surface area contributed by atoms with E-state index in [0.29, 0.717) is 12.8 Å². The number of carbonyl (C=O) groups is 8. The number of aliphatic hydroxyl groups excluding tert-OH is 5. The number of aliphatic hydroxyl groups is 5. The number of nitrogens with two attached hydrogens (primary N) is 2. The van der Waals surface area contributed by atoms with Gasteiger partial charge in [-0.05, 0) is 93.7 Å². The molecule has 0 spiro atoms. The number of carboxylic acids is 1. The van der Waals surface area contributed by atoms with Gasteiger partial charge in [-0.3, -0.25) is 28.8 Å². The Bertz CT molecular complexity index is 1740. The molecule has 0 aromatic rings. The maximum absolute atomic E-state index is 13.4. The third-order valence-electron chi connectivity index (χ3n) is 9.52. The molecule has 0 saturated heterocycles. The molecule has 1 heterocycles. The van der Waals surface area contributed by atoms with Gasteiger partial charge in [0.2, 0.25) is 23.6 Å². The minimum Gasteiger partial charge on any atom is -0.505 e. The number of nitrogens with zero attached hydrogens (tertiary/aromatic N) is 2. The summed E-state index contributed by atoms with van der Waals surface area (Å²) in [4.78, 5) is 107. The summed E-state index contributed by atoms with van der Waals surface area (Å²) >= 11 is 0. The van der Waals surface area contributed by atoms with E-state index in [1.165, 1.54) is 37.5 Å². The molecule has 0 saturated carbocycles. The number of aliphatic carboxylic acids is 1. The molecule has 1 aliphatic heterocycles. The van der Waals surface area contributed by atoms with Gasteiger partial charge >= 0.3 is 31.5 Å². The van der Waals surface area contributed by atoms with Crippen molar-refractivity contribution in [2.75, 3.05) is 54.5 Å². The molecule has 66 heavy (non-hydrogen) atoms. The van der Waals surface area contributed by atoms with E-state index in [1.54, 1.807) is 0 Å². The average molecular weight is 972 g/mol. The second-order valence-corrected chi connectivity index (χ2v) is 18.1. The fraction of sp³-hybridized carbons (Fsp3) is 0.730. The normalized spacial score (nSPS) is 17.6. The van der Waals surface area contributed by atoms with Gasteiger partial charge in [0, 0.05) is 0 Å². The monoisotopic (exact) mass is 971 g/mol. The Morgan fingerprint density at radius 1 is 0.742 bits per heavy atom. The molecule has 9 unspecified atom stereocenters. The topological polar surface area (TPSA) is 431 Å². The van der Waals surface area contributed by atoms with E-state index < -0.39 is 147 Å². The van der Waals surface area contributed by atoms with Crippen LogP contribution in [0.2, 0.25) is 0 Å². The maximum Gasteiger partial charge on any atom is 0.395 e. The first-order chi connectivity index (χ1) is 30.9. The van der Waals surface area contributed by atoms with Crippen molar-refractivity contribution in [3.63, 3.8) is 0 Å². The Morgan fingerprint density at radius 2 is 1.21 bits per heavy atom. The number of rotatable bonds is 32. The molecule has 0 radical (unpaired) electrons. The lowest BCUT2D eigenvalue weighted by atomic mass is 10.0. The van der Waals surface area contributed by atoms with Crippen LogP contribution in [-0.2, 0) is 61.8 Å². The molecule has 1 rings (SSSR count). The van der Waals surface area contributed by atoms with Crippen LogP contribution in [0.5, 0.6) is 0 Å². The van der Waals surface area contributed by atoms with E-state index in [9.17, 15) is 73.6 Å². The highest BCUT2D eigenvalue weighted by Gasteiger charge is 2.45. The molecule has 378 valence electrons. The maximum atomic E-state index is 13.4. The van der Waals surface area contributed by atoms with Crippen LogP contribution in [0, 0.1) is 0 Å². The van der Waals surface area contributed by atoms with Gasteiger partial charge in [-0.25, -0.2) is 23.5 Å². The van der Waals surface area contributed by atoms with E-state index >= 15 is 0 Å². The van der Waals surface area contributed by atoms with Crippen molar-refractivity contribution in [3.8, 4) is 0 Å². The molecule has 28 nitrogen and oxygen atoms in total. The number of hydroxylamine groups is 1. The van der Waals surface area contributed by atoms with E-state index in [-0.39, 0.29) is 38.8 Å².